The normalized spacial score (nSPS) is 24.9. The number of rotatable bonds is 6. The van der Waals surface area contributed by atoms with Crippen LogP contribution in [0.4, 0.5) is 17.6 Å². The predicted octanol–water partition coefficient (Wildman–Crippen LogP) is 2.98. The summed E-state index contributed by atoms with van der Waals surface area (Å²) in [6, 6.07) is -0.987. The quantitative estimate of drug-likeness (QED) is 0.703. The first kappa shape index (κ1) is 21.9. The minimum Gasteiger partial charge on any atom is -0.376 e. The maximum atomic E-state index is 13.3. The van der Waals surface area contributed by atoms with Gasteiger partial charge in [0.2, 0.25) is 17.7 Å². The van der Waals surface area contributed by atoms with Crippen LogP contribution in [0.3, 0.4) is 0 Å². The van der Waals surface area contributed by atoms with Crippen LogP contribution in [0.5, 0.6) is 0 Å². The first-order valence-electron chi connectivity index (χ1n) is 9.42. The molecule has 0 aromatic heterocycles. The molecule has 1 heterocycles. The SMILES string of the molecule is CC(=O)NC(C(=O)N1CCC(F)(F)CC1)C(C)OCC1CCC(F)(F)CC1. The molecule has 9 heteroatoms. The number of hydrogen-bond donors (Lipinski definition) is 1. The number of carbonyl (C=O) groups excluding carboxylic acids is 2. The maximum Gasteiger partial charge on any atom is 0.251 e. The van der Waals surface area contributed by atoms with E-state index < -0.39 is 48.6 Å². The highest BCUT2D eigenvalue weighted by Crippen LogP contribution is 2.36. The second-order valence-electron chi connectivity index (χ2n) is 7.70. The van der Waals surface area contributed by atoms with Gasteiger partial charge in [0.15, 0.2) is 0 Å². The van der Waals surface area contributed by atoms with Crippen molar-refractivity contribution in [3.05, 3.63) is 0 Å². The van der Waals surface area contributed by atoms with Gasteiger partial charge in [0, 0.05) is 52.3 Å². The van der Waals surface area contributed by atoms with Crippen molar-refractivity contribution < 1.29 is 31.9 Å². The van der Waals surface area contributed by atoms with E-state index in [0.29, 0.717) is 12.8 Å². The van der Waals surface area contributed by atoms with Gasteiger partial charge in [-0.05, 0) is 25.7 Å². The molecule has 1 saturated heterocycles. The van der Waals surface area contributed by atoms with Crippen LogP contribution in [-0.4, -0.2) is 60.4 Å². The van der Waals surface area contributed by atoms with Gasteiger partial charge < -0.3 is 15.0 Å². The van der Waals surface area contributed by atoms with E-state index in [0.717, 1.165) is 0 Å². The van der Waals surface area contributed by atoms with Crippen LogP contribution < -0.4 is 5.32 Å². The summed E-state index contributed by atoms with van der Waals surface area (Å²) in [6.07, 6.45) is -1.16. The molecule has 0 bridgehead atoms. The fourth-order valence-electron chi connectivity index (χ4n) is 3.50. The maximum absolute atomic E-state index is 13.3. The lowest BCUT2D eigenvalue weighted by molar-refractivity contribution is -0.146. The summed E-state index contributed by atoms with van der Waals surface area (Å²) < 4.78 is 58.8. The smallest absolute Gasteiger partial charge is 0.251 e. The van der Waals surface area contributed by atoms with Crippen LogP contribution in [0.25, 0.3) is 0 Å². The van der Waals surface area contributed by atoms with E-state index in [-0.39, 0.29) is 38.5 Å². The number of hydrogen-bond acceptors (Lipinski definition) is 3. The number of halogens is 4. The van der Waals surface area contributed by atoms with Crippen LogP contribution >= 0.6 is 0 Å². The molecule has 5 nitrogen and oxygen atoms in total. The van der Waals surface area contributed by atoms with Gasteiger partial charge in [0.1, 0.15) is 6.04 Å². The molecule has 1 saturated carbocycles. The predicted molar refractivity (Wildman–Crippen MR) is 90.7 cm³/mol. The average Bonchev–Trinajstić information content (AvgIpc) is 2.57. The summed E-state index contributed by atoms with van der Waals surface area (Å²) in [6.45, 7) is 2.95. The molecule has 1 aliphatic heterocycles. The number of alkyl halides is 4. The molecule has 1 N–H and O–H groups in total. The third-order valence-electron chi connectivity index (χ3n) is 5.33. The molecule has 0 radical (unpaired) electrons. The number of nitrogens with zero attached hydrogens (tertiary/aromatic N) is 1. The topological polar surface area (TPSA) is 58.6 Å². The summed E-state index contributed by atoms with van der Waals surface area (Å²) in [4.78, 5) is 25.5. The Morgan fingerprint density at radius 2 is 1.59 bits per heavy atom. The first-order chi connectivity index (χ1) is 12.5. The highest BCUT2D eigenvalue weighted by atomic mass is 19.3. The molecule has 156 valence electrons. The Labute approximate surface area is 156 Å². The fourth-order valence-corrected chi connectivity index (χ4v) is 3.50. The lowest BCUT2D eigenvalue weighted by Crippen LogP contribution is -2.56. The fraction of sp³-hybridized carbons (Fsp3) is 0.889. The van der Waals surface area contributed by atoms with E-state index in [1.54, 1.807) is 6.92 Å². The Kier molecular flexibility index (Phi) is 7.10. The van der Waals surface area contributed by atoms with Crippen molar-refractivity contribution in [2.45, 2.75) is 76.4 Å². The minimum absolute atomic E-state index is 0.0196. The van der Waals surface area contributed by atoms with Crippen molar-refractivity contribution in [1.82, 2.24) is 10.2 Å². The van der Waals surface area contributed by atoms with Gasteiger partial charge in [0.05, 0.1) is 6.10 Å². The number of likely N-dealkylation sites (tertiary alicyclic amines) is 1. The average molecular weight is 396 g/mol. The Hall–Kier alpha value is -1.38. The molecule has 0 aromatic carbocycles. The first-order valence-corrected chi connectivity index (χ1v) is 9.42. The van der Waals surface area contributed by atoms with Crippen molar-refractivity contribution in [2.75, 3.05) is 19.7 Å². The summed E-state index contributed by atoms with van der Waals surface area (Å²) >= 11 is 0. The number of piperidine rings is 1. The molecule has 0 aromatic rings. The van der Waals surface area contributed by atoms with Crippen molar-refractivity contribution in [2.24, 2.45) is 5.92 Å². The summed E-state index contributed by atoms with van der Waals surface area (Å²) in [5, 5.41) is 2.54. The highest BCUT2D eigenvalue weighted by molar-refractivity contribution is 5.87. The lowest BCUT2D eigenvalue weighted by Gasteiger charge is -2.36. The second-order valence-corrected chi connectivity index (χ2v) is 7.70. The van der Waals surface area contributed by atoms with E-state index in [4.69, 9.17) is 4.74 Å². The van der Waals surface area contributed by atoms with Crippen molar-refractivity contribution in [3.63, 3.8) is 0 Å². The number of nitrogens with one attached hydrogen (secondary N) is 1. The van der Waals surface area contributed by atoms with Gasteiger partial charge in [-0.1, -0.05) is 0 Å². The van der Waals surface area contributed by atoms with Gasteiger partial charge in [-0.15, -0.1) is 0 Å². The number of carbonyl (C=O) groups is 2. The molecule has 2 unspecified atom stereocenters. The zero-order valence-corrected chi connectivity index (χ0v) is 15.8. The molecule has 2 fully saturated rings. The van der Waals surface area contributed by atoms with Gasteiger partial charge in [-0.3, -0.25) is 9.59 Å². The van der Waals surface area contributed by atoms with Crippen LogP contribution in [0.2, 0.25) is 0 Å². The number of amides is 2. The summed E-state index contributed by atoms with van der Waals surface area (Å²) in [7, 11) is 0. The van der Waals surface area contributed by atoms with E-state index in [9.17, 15) is 27.2 Å². The van der Waals surface area contributed by atoms with Crippen molar-refractivity contribution >= 4 is 11.8 Å². The Morgan fingerprint density at radius 3 is 2.11 bits per heavy atom. The molecule has 2 amide bonds. The van der Waals surface area contributed by atoms with E-state index in [2.05, 4.69) is 5.32 Å². The zero-order valence-electron chi connectivity index (χ0n) is 15.8. The Bertz CT molecular complexity index is 525. The third-order valence-corrected chi connectivity index (χ3v) is 5.33. The molecular formula is C18H28F4N2O3. The lowest BCUT2D eigenvalue weighted by atomic mass is 9.87. The van der Waals surface area contributed by atoms with Crippen LogP contribution in [0, 0.1) is 5.92 Å². The van der Waals surface area contributed by atoms with Crippen LogP contribution in [-0.2, 0) is 14.3 Å². The molecule has 2 rings (SSSR count). The van der Waals surface area contributed by atoms with E-state index in [1.807, 2.05) is 0 Å². The molecule has 27 heavy (non-hydrogen) atoms. The van der Waals surface area contributed by atoms with Gasteiger partial charge in [0.25, 0.3) is 5.92 Å². The van der Waals surface area contributed by atoms with Crippen molar-refractivity contribution in [1.29, 1.82) is 0 Å². The largest absolute Gasteiger partial charge is 0.376 e. The number of ether oxygens (including phenoxy) is 1. The zero-order chi connectivity index (χ0) is 20.2. The molecule has 2 atom stereocenters. The third kappa shape index (κ3) is 6.62. The van der Waals surface area contributed by atoms with Gasteiger partial charge in [-0.2, -0.15) is 0 Å². The Balaban J connectivity index is 1.90. The molecule has 2 aliphatic rings. The monoisotopic (exact) mass is 396 g/mol. The van der Waals surface area contributed by atoms with Crippen LogP contribution in [0.1, 0.15) is 52.4 Å². The van der Waals surface area contributed by atoms with Gasteiger partial charge in [-0.25, -0.2) is 17.6 Å². The molecule has 1 aliphatic carbocycles. The second kappa shape index (κ2) is 8.75. The summed E-state index contributed by atoms with van der Waals surface area (Å²) in [5.41, 5.74) is 0. The minimum atomic E-state index is -2.77. The van der Waals surface area contributed by atoms with Crippen LogP contribution in [0.15, 0.2) is 0 Å². The van der Waals surface area contributed by atoms with Gasteiger partial charge >= 0.3 is 0 Å². The van der Waals surface area contributed by atoms with E-state index in [1.165, 1.54) is 11.8 Å². The van der Waals surface area contributed by atoms with Crippen molar-refractivity contribution in [3.8, 4) is 0 Å². The Morgan fingerprint density at radius 1 is 1.07 bits per heavy atom. The summed E-state index contributed by atoms with van der Waals surface area (Å²) in [5.74, 6) is -6.29. The standard InChI is InChI=1S/C18H28F4N2O3/c1-12(27-11-14-3-5-17(19,20)6-4-14)15(23-13(2)25)16(26)24-9-7-18(21,22)8-10-24/h12,14-15H,3-11H2,1-2H3,(H,23,25). The molecule has 0 spiro atoms. The molecular weight excluding hydrogens is 368 g/mol. The highest BCUT2D eigenvalue weighted by Gasteiger charge is 2.39. The van der Waals surface area contributed by atoms with E-state index >= 15 is 0 Å².